The molecule has 0 saturated carbocycles. The Morgan fingerprint density at radius 1 is 1.09 bits per heavy atom. The van der Waals surface area contributed by atoms with Gasteiger partial charge in [-0.15, -0.1) is 0 Å². The molecule has 1 atom stereocenters. The first-order chi connectivity index (χ1) is 16.9. The third-order valence-electron chi connectivity index (χ3n) is 4.84. The van der Waals surface area contributed by atoms with E-state index in [1.807, 2.05) is 43.8 Å². The summed E-state index contributed by atoms with van der Waals surface area (Å²) in [5.41, 5.74) is 9.94. The maximum atomic E-state index is 12.3. The number of thiophene rings is 1. The molecule has 1 heterocycles. The van der Waals surface area contributed by atoms with Gasteiger partial charge < -0.3 is 26.2 Å². The number of benzene rings is 2. The minimum Gasteiger partial charge on any atom is -0.394 e. The number of carbonyl (C=O) groups excluding carboxylic acids is 1. The lowest BCUT2D eigenvalue weighted by Gasteiger charge is -2.26. The fourth-order valence-corrected chi connectivity index (χ4v) is 3.81. The van der Waals surface area contributed by atoms with Gasteiger partial charge in [0.25, 0.3) is 0 Å². The van der Waals surface area contributed by atoms with E-state index in [0.29, 0.717) is 18.6 Å². The van der Waals surface area contributed by atoms with Crippen molar-refractivity contribution in [1.29, 1.82) is 0 Å². The molecule has 3 rings (SSSR count). The van der Waals surface area contributed by atoms with E-state index in [2.05, 4.69) is 10.6 Å². The molecular formula is C27H38FN3O3S. The van der Waals surface area contributed by atoms with Crippen molar-refractivity contribution < 1.29 is 19.0 Å². The monoisotopic (exact) mass is 503 g/mol. The molecule has 0 saturated heterocycles. The van der Waals surface area contributed by atoms with E-state index in [1.165, 1.54) is 12.1 Å². The smallest absolute Gasteiger partial charge is 0.150 e. The van der Waals surface area contributed by atoms with Crippen LogP contribution in [0.25, 0.3) is 0 Å². The number of anilines is 1. The second kappa shape index (κ2) is 16.9. The van der Waals surface area contributed by atoms with E-state index >= 15 is 0 Å². The summed E-state index contributed by atoms with van der Waals surface area (Å²) in [7, 11) is 3.66. The predicted molar refractivity (Wildman–Crippen MR) is 144 cm³/mol. The normalized spacial score (nSPS) is 11.9. The highest BCUT2D eigenvalue weighted by molar-refractivity contribution is 7.07. The number of nitrogens with one attached hydrogen (secondary N) is 2. The average molecular weight is 504 g/mol. The van der Waals surface area contributed by atoms with E-state index in [0.717, 1.165) is 35.2 Å². The van der Waals surface area contributed by atoms with E-state index in [4.69, 9.17) is 10.5 Å². The van der Waals surface area contributed by atoms with Crippen molar-refractivity contribution in [1.82, 2.24) is 5.32 Å². The van der Waals surface area contributed by atoms with Gasteiger partial charge in [0, 0.05) is 24.8 Å². The predicted octanol–water partition coefficient (Wildman–Crippen LogP) is 4.62. The van der Waals surface area contributed by atoms with Crippen molar-refractivity contribution in [2.45, 2.75) is 39.0 Å². The number of carbonyl (C=O) groups is 1. The molecule has 3 aromatic rings. The number of aliphatic hydroxyl groups excluding tert-OH is 1. The Labute approximate surface area is 212 Å². The summed E-state index contributed by atoms with van der Waals surface area (Å²) >= 11 is 1.60. The summed E-state index contributed by atoms with van der Waals surface area (Å²) in [6.07, 6.45) is 1.37. The van der Waals surface area contributed by atoms with E-state index in [9.17, 15) is 14.3 Å². The van der Waals surface area contributed by atoms with Gasteiger partial charge in [-0.2, -0.15) is 11.3 Å². The van der Waals surface area contributed by atoms with Crippen molar-refractivity contribution in [2.75, 3.05) is 32.6 Å². The Bertz CT molecular complexity index is 968. The number of aliphatic hydroxyl groups is 1. The largest absolute Gasteiger partial charge is 0.394 e. The van der Waals surface area contributed by atoms with Crippen LogP contribution in [0.15, 0.2) is 59.3 Å². The minimum absolute atomic E-state index is 0.154. The van der Waals surface area contributed by atoms with E-state index in [-0.39, 0.29) is 19.0 Å². The SMILES string of the molecule is CC.CNCc1ccc(F)cc1.CNc1cc(C=O)cc(COCC(N)(CO)Cc2ccsc2)c1. The first kappa shape index (κ1) is 30.4. The van der Waals surface area contributed by atoms with Gasteiger partial charge in [0.15, 0.2) is 0 Å². The fraction of sp³-hybridized carbons (Fsp3) is 0.370. The number of halogens is 1. The average Bonchev–Trinajstić information content (AvgIpc) is 3.39. The molecule has 5 N–H and O–H groups in total. The number of hydrogen-bond acceptors (Lipinski definition) is 7. The van der Waals surface area contributed by atoms with Crippen LogP contribution in [0.5, 0.6) is 0 Å². The Hall–Kier alpha value is -2.62. The van der Waals surface area contributed by atoms with E-state index in [1.54, 1.807) is 42.6 Å². The molecule has 0 bridgehead atoms. The highest BCUT2D eigenvalue weighted by atomic mass is 32.1. The van der Waals surface area contributed by atoms with Gasteiger partial charge in [-0.1, -0.05) is 26.0 Å². The molecule has 1 aromatic heterocycles. The molecule has 0 aliphatic heterocycles. The summed E-state index contributed by atoms with van der Waals surface area (Å²) in [6.45, 7) is 5.21. The summed E-state index contributed by atoms with van der Waals surface area (Å²) < 4.78 is 18.0. The van der Waals surface area contributed by atoms with Gasteiger partial charge >= 0.3 is 0 Å². The zero-order valence-corrected chi connectivity index (χ0v) is 21.8. The highest BCUT2D eigenvalue weighted by Gasteiger charge is 2.25. The van der Waals surface area contributed by atoms with Crippen LogP contribution < -0.4 is 16.4 Å². The van der Waals surface area contributed by atoms with Gasteiger partial charge in [0.1, 0.15) is 12.1 Å². The zero-order chi connectivity index (χ0) is 26.1. The van der Waals surface area contributed by atoms with Gasteiger partial charge in [0.05, 0.1) is 25.4 Å². The maximum Gasteiger partial charge on any atom is 0.150 e. The van der Waals surface area contributed by atoms with Crippen LogP contribution in [0.4, 0.5) is 10.1 Å². The van der Waals surface area contributed by atoms with Gasteiger partial charge in [0.2, 0.25) is 0 Å². The van der Waals surface area contributed by atoms with Gasteiger partial charge in [-0.05, 0) is 77.3 Å². The van der Waals surface area contributed by atoms with Crippen LogP contribution in [0.3, 0.4) is 0 Å². The quantitative estimate of drug-likeness (QED) is 0.285. The lowest BCUT2D eigenvalue weighted by Crippen LogP contribution is -2.50. The molecular weight excluding hydrogens is 465 g/mol. The Kier molecular flexibility index (Phi) is 14.7. The second-order valence-electron chi connectivity index (χ2n) is 7.81. The first-order valence-electron chi connectivity index (χ1n) is 11.6. The summed E-state index contributed by atoms with van der Waals surface area (Å²) in [6, 6.07) is 13.9. The van der Waals surface area contributed by atoms with Crippen molar-refractivity contribution >= 4 is 23.3 Å². The number of rotatable bonds is 11. The third-order valence-corrected chi connectivity index (χ3v) is 5.58. The maximum absolute atomic E-state index is 12.3. The summed E-state index contributed by atoms with van der Waals surface area (Å²) in [4.78, 5) is 11.0. The van der Waals surface area contributed by atoms with Crippen LogP contribution in [0.1, 0.15) is 40.9 Å². The minimum atomic E-state index is -0.810. The molecule has 0 aliphatic rings. The number of nitrogens with two attached hydrogens (primary N) is 1. The van der Waals surface area contributed by atoms with Crippen molar-refractivity contribution in [3.05, 3.63) is 87.4 Å². The number of aldehydes is 1. The van der Waals surface area contributed by atoms with E-state index < -0.39 is 5.54 Å². The van der Waals surface area contributed by atoms with Crippen LogP contribution in [0.2, 0.25) is 0 Å². The molecule has 192 valence electrons. The topological polar surface area (TPSA) is 96.6 Å². The molecule has 0 spiro atoms. The molecule has 0 fully saturated rings. The molecule has 8 heteroatoms. The molecule has 0 aliphatic carbocycles. The summed E-state index contributed by atoms with van der Waals surface area (Å²) in [5.74, 6) is -0.181. The van der Waals surface area contributed by atoms with Crippen LogP contribution in [-0.4, -0.2) is 44.2 Å². The molecule has 35 heavy (non-hydrogen) atoms. The van der Waals surface area contributed by atoms with Crippen molar-refractivity contribution in [2.24, 2.45) is 5.73 Å². The molecule has 0 radical (unpaired) electrons. The van der Waals surface area contributed by atoms with Gasteiger partial charge in [-0.3, -0.25) is 4.79 Å². The lowest BCUT2D eigenvalue weighted by molar-refractivity contribution is 0.0458. The zero-order valence-electron chi connectivity index (χ0n) is 21.0. The molecule has 1 unspecified atom stereocenters. The van der Waals surface area contributed by atoms with Gasteiger partial charge in [-0.25, -0.2) is 4.39 Å². The highest BCUT2D eigenvalue weighted by Crippen LogP contribution is 2.17. The number of ether oxygens (including phenoxy) is 1. The van der Waals surface area contributed by atoms with Crippen molar-refractivity contribution in [3.63, 3.8) is 0 Å². The Morgan fingerprint density at radius 2 is 1.80 bits per heavy atom. The van der Waals surface area contributed by atoms with Crippen LogP contribution in [0, 0.1) is 5.82 Å². The molecule has 6 nitrogen and oxygen atoms in total. The standard InChI is InChI=1S/C17H22N2O3S.C8H10FN.C2H6/c1-19-16-5-14(8-20)4-15(6-16)9-22-12-17(18,11-21)7-13-2-3-23-10-13;1-10-6-7-2-4-8(9)5-3-7;1-2/h2-6,8,10,19,21H,7,9,11-12,18H2,1H3;2-5,10H,6H2,1H3;1-2H3. The Morgan fingerprint density at radius 3 is 2.34 bits per heavy atom. The first-order valence-corrected chi connectivity index (χ1v) is 12.5. The van der Waals surface area contributed by atoms with Crippen LogP contribution in [-0.2, 0) is 24.3 Å². The third kappa shape index (κ3) is 11.6. The second-order valence-corrected chi connectivity index (χ2v) is 8.59. The molecule has 2 aromatic carbocycles. The number of hydrogen-bond donors (Lipinski definition) is 4. The van der Waals surface area contributed by atoms with Crippen LogP contribution >= 0.6 is 11.3 Å². The lowest BCUT2D eigenvalue weighted by atomic mass is 9.95. The summed E-state index contributed by atoms with van der Waals surface area (Å²) in [5, 5.41) is 19.6. The Balaban J connectivity index is 0.000000425. The van der Waals surface area contributed by atoms with Crippen molar-refractivity contribution in [3.8, 4) is 0 Å². The molecule has 0 amide bonds. The fourth-order valence-electron chi connectivity index (χ4n) is 3.14.